The molecule has 0 aliphatic carbocycles. The zero-order chi connectivity index (χ0) is 29.9. The zero-order valence-electron chi connectivity index (χ0n) is 25.1. The third-order valence-corrected chi connectivity index (χ3v) is 6.16. The van der Waals surface area contributed by atoms with Crippen molar-refractivity contribution in [1.29, 1.82) is 0 Å². The van der Waals surface area contributed by atoms with Crippen LogP contribution in [0.2, 0.25) is 0 Å². The van der Waals surface area contributed by atoms with E-state index in [4.69, 9.17) is 0 Å². The Labute approximate surface area is 239 Å². The molecule has 0 aliphatic heterocycles. The number of fused-ring (bicyclic) bond motifs is 1. The first-order valence-electron chi connectivity index (χ1n) is 14.3. The van der Waals surface area contributed by atoms with Crippen LogP contribution in [0.1, 0.15) is 89.7 Å². The van der Waals surface area contributed by atoms with E-state index in [-0.39, 0.29) is 24.5 Å². The summed E-state index contributed by atoms with van der Waals surface area (Å²) < 4.78 is 0. The summed E-state index contributed by atoms with van der Waals surface area (Å²) in [6, 6.07) is 12.7. The highest BCUT2D eigenvalue weighted by Crippen LogP contribution is 2.28. The molecule has 1 heterocycles. The van der Waals surface area contributed by atoms with E-state index in [0.29, 0.717) is 35.4 Å². The van der Waals surface area contributed by atoms with E-state index >= 15 is 0 Å². The smallest absolute Gasteiger partial charge is 0.227 e. The van der Waals surface area contributed by atoms with Gasteiger partial charge in [-0.15, -0.1) is 0 Å². The molecule has 0 radical (unpaired) electrons. The number of allylic oxidation sites excluding steroid dienone is 4. The molecule has 0 aliphatic rings. The first-order chi connectivity index (χ1) is 19.5. The van der Waals surface area contributed by atoms with Crippen LogP contribution in [0.4, 0.5) is 11.5 Å². The fourth-order valence-electron chi connectivity index (χ4n) is 3.98. The lowest BCUT2D eigenvalue weighted by molar-refractivity contribution is -0.119. The molecule has 1 aromatic heterocycles. The van der Waals surface area contributed by atoms with Crippen molar-refractivity contribution in [2.45, 2.75) is 73.8 Å². The molecule has 7 nitrogen and oxygen atoms in total. The molecule has 40 heavy (non-hydrogen) atoms. The molecular weight excluding hydrogens is 500 g/mol. The van der Waals surface area contributed by atoms with E-state index in [1.165, 1.54) is 11.9 Å². The van der Waals surface area contributed by atoms with Gasteiger partial charge in [0.2, 0.25) is 5.91 Å². The Kier molecular flexibility index (Phi) is 16.5. The Balaban J connectivity index is 0.00000191. The zero-order valence-corrected chi connectivity index (χ0v) is 25.1. The van der Waals surface area contributed by atoms with Crippen LogP contribution in [0.3, 0.4) is 0 Å². The van der Waals surface area contributed by atoms with Crippen molar-refractivity contribution in [2.75, 3.05) is 17.2 Å². The maximum atomic E-state index is 12.8. The third kappa shape index (κ3) is 10.0. The second-order valence-electron chi connectivity index (χ2n) is 8.66. The molecule has 0 fully saturated rings. The molecule has 2 atom stereocenters. The molecule has 0 bridgehead atoms. The molecule has 1 amide bonds. The van der Waals surface area contributed by atoms with Gasteiger partial charge in [0.25, 0.3) is 0 Å². The number of aldehydes is 1. The van der Waals surface area contributed by atoms with Crippen LogP contribution in [0.5, 0.6) is 0 Å². The van der Waals surface area contributed by atoms with Crippen LogP contribution in [0.25, 0.3) is 10.9 Å². The van der Waals surface area contributed by atoms with Crippen molar-refractivity contribution in [1.82, 2.24) is 9.97 Å². The second kappa shape index (κ2) is 19.3. The number of rotatable bonds is 12. The van der Waals surface area contributed by atoms with E-state index in [1.807, 2.05) is 78.0 Å². The summed E-state index contributed by atoms with van der Waals surface area (Å²) in [6.07, 6.45) is 10.4. The predicted octanol–water partition coefficient (Wildman–Crippen LogP) is 7.91. The van der Waals surface area contributed by atoms with Crippen molar-refractivity contribution in [2.24, 2.45) is 5.92 Å². The number of amides is 1. The summed E-state index contributed by atoms with van der Waals surface area (Å²) in [5.74, 6) is 0.348. The highest BCUT2D eigenvalue weighted by Gasteiger charge is 2.17. The van der Waals surface area contributed by atoms with Gasteiger partial charge in [-0.3, -0.25) is 9.59 Å². The molecular formula is C33H46N4O3. The molecule has 0 saturated carbocycles. The fraction of sp³-hybridized carbons (Fsp3) is 0.394. The van der Waals surface area contributed by atoms with Crippen molar-refractivity contribution in [3.8, 4) is 0 Å². The van der Waals surface area contributed by atoms with Gasteiger partial charge < -0.3 is 15.7 Å². The molecule has 0 saturated heterocycles. The Hall–Kier alpha value is -3.84. The standard InChI is InChI=1S/C29H34N4O3.2C2H6/c1-4-21(5-2)10-6-9-20(3)29(36)32-24-13-7-11-22(17-24)26(15-16-34)33-28-25-14-8-12-23(18-35)27(25)30-19-31-28;2*1-2/h4,6-8,10-14,17-20,26,34H,5,9,15-16H2,1-3H3,(H,32,36)(H,30,31,33);2*1-2H3/b10-6?,21-4-;;. The summed E-state index contributed by atoms with van der Waals surface area (Å²) in [5.41, 5.74) is 3.89. The lowest BCUT2D eigenvalue weighted by atomic mass is 10.0. The van der Waals surface area contributed by atoms with E-state index in [0.717, 1.165) is 23.7 Å². The van der Waals surface area contributed by atoms with Gasteiger partial charge in [0.1, 0.15) is 12.1 Å². The van der Waals surface area contributed by atoms with Crippen LogP contribution < -0.4 is 10.6 Å². The second-order valence-corrected chi connectivity index (χ2v) is 8.66. The van der Waals surface area contributed by atoms with Crippen LogP contribution >= 0.6 is 0 Å². The third-order valence-electron chi connectivity index (χ3n) is 6.16. The number of anilines is 2. The summed E-state index contributed by atoms with van der Waals surface area (Å²) in [6.45, 7) is 14.0. The van der Waals surface area contributed by atoms with Gasteiger partial charge in [-0.2, -0.15) is 0 Å². The number of benzene rings is 2. The SMILES string of the molecule is C/C=C(\C=CCC(C)C(=O)Nc1cccc(C(CCO)Nc2ncnc3c(C=O)cccc23)c1)CC.CC.CC. The summed E-state index contributed by atoms with van der Waals surface area (Å²) in [5, 5.41) is 16.8. The van der Waals surface area contributed by atoms with Crippen LogP contribution in [0.15, 0.2) is 72.6 Å². The summed E-state index contributed by atoms with van der Waals surface area (Å²) >= 11 is 0. The van der Waals surface area contributed by atoms with Crippen LogP contribution in [-0.4, -0.2) is 33.9 Å². The van der Waals surface area contributed by atoms with Gasteiger partial charge in [0.15, 0.2) is 6.29 Å². The lowest BCUT2D eigenvalue weighted by Gasteiger charge is -2.21. The number of carbonyl (C=O) groups excluding carboxylic acids is 2. The first-order valence-corrected chi connectivity index (χ1v) is 14.3. The summed E-state index contributed by atoms with van der Waals surface area (Å²) in [7, 11) is 0. The van der Waals surface area contributed by atoms with Gasteiger partial charge in [-0.25, -0.2) is 9.97 Å². The van der Waals surface area contributed by atoms with E-state index in [9.17, 15) is 14.7 Å². The number of nitrogens with one attached hydrogen (secondary N) is 2. The number of aliphatic hydroxyl groups excluding tert-OH is 1. The highest BCUT2D eigenvalue weighted by atomic mass is 16.3. The Morgan fingerprint density at radius 2 is 1.80 bits per heavy atom. The minimum Gasteiger partial charge on any atom is -0.396 e. The van der Waals surface area contributed by atoms with Crippen molar-refractivity contribution >= 4 is 34.6 Å². The van der Waals surface area contributed by atoms with Gasteiger partial charge in [0, 0.05) is 29.2 Å². The predicted molar refractivity (Wildman–Crippen MR) is 168 cm³/mol. The van der Waals surface area contributed by atoms with E-state index in [1.54, 1.807) is 12.1 Å². The minimum atomic E-state index is -0.265. The number of carbonyl (C=O) groups is 2. The quantitative estimate of drug-likeness (QED) is 0.157. The minimum absolute atomic E-state index is 0.0355. The number of aliphatic hydroxyl groups is 1. The molecule has 7 heteroatoms. The maximum absolute atomic E-state index is 12.8. The molecule has 3 rings (SSSR count). The lowest BCUT2D eigenvalue weighted by Crippen LogP contribution is -2.20. The molecule has 2 unspecified atom stereocenters. The number of aromatic nitrogens is 2. The first kappa shape index (κ1) is 34.2. The monoisotopic (exact) mass is 546 g/mol. The normalized spacial score (nSPS) is 12.4. The molecule has 2 aromatic carbocycles. The Morgan fingerprint density at radius 3 is 2.45 bits per heavy atom. The van der Waals surface area contributed by atoms with E-state index < -0.39 is 0 Å². The van der Waals surface area contributed by atoms with Crippen molar-refractivity contribution < 1.29 is 14.7 Å². The number of hydrogen-bond acceptors (Lipinski definition) is 6. The van der Waals surface area contributed by atoms with Gasteiger partial charge >= 0.3 is 0 Å². The number of nitrogens with zero attached hydrogens (tertiary/aromatic N) is 2. The summed E-state index contributed by atoms with van der Waals surface area (Å²) in [4.78, 5) is 32.8. The van der Waals surface area contributed by atoms with Gasteiger partial charge in [0.05, 0.1) is 11.6 Å². The van der Waals surface area contributed by atoms with E-state index in [2.05, 4.69) is 39.7 Å². The Morgan fingerprint density at radius 1 is 1.07 bits per heavy atom. The van der Waals surface area contributed by atoms with Gasteiger partial charge in [-0.1, -0.05) is 83.5 Å². The molecule has 3 N–H and O–H groups in total. The number of para-hydroxylation sites is 1. The number of hydrogen-bond donors (Lipinski definition) is 3. The molecule has 216 valence electrons. The molecule has 3 aromatic rings. The highest BCUT2D eigenvalue weighted by molar-refractivity contribution is 6.00. The largest absolute Gasteiger partial charge is 0.396 e. The van der Waals surface area contributed by atoms with Crippen molar-refractivity contribution in [3.05, 3.63) is 83.7 Å². The van der Waals surface area contributed by atoms with Crippen molar-refractivity contribution in [3.63, 3.8) is 0 Å². The topological polar surface area (TPSA) is 104 Å². The average Bonchev–Trinajstić information content (AvgIpc) is 3.01. The van der Waals surface area contributed by atoms with Crippen LogP contribution in [0, 0.1) is 5.92 Å². The molecule has 0 spiro atoms. The van der Waals surface area contributed by atoms with Gasteiger partial charge in [-0.05, 0) is 56.0 Å². The Bertz CT molecular complexity index is 1250. The maximum Gasteiger partial charge on any atom is 0.227 e. The fourth-order valence-corrected chi connectivity index (χ4v) is 3.98. The average molecular weight is 547 g/mol. The van der Waals surface area contributed by atoms with Crippen LogP contribution in [-0.2, 0) is 4.79 Å².